The average molecular weight is 262 g/mol. The van der Waals surface area contributed by atoms with Crippen molar-refractivity contribution in [2.75, 3.05) is 6.54 Å². The average Bonchev–Trinajstić information content (AvgIpc) is 3.27. The van der Waals surface area contributed by atoms with Crippen LogP contribution < -0.4 is 5.32 Å². The minimum atomic E-state index is -0.564. The lowest BCUT2D eigenvalue weighted by atomic mass is 9.87. The Morgan fingerprint density at radius 3 is 2.37 bits per heavy atom. The highest BCUT2D eigenvalue weighted by atomic mass is 16.2. The van der Waals surface area contributed by atoms with Crippen molar-refractivity contribution >= 4 is 11.8 Å². The van der Waals surface area contributed by atoms with Crippen LogP contribution in [0.25, 0.3) is 0 Å². The van der Waals surface area contributed by atoms with Gasteiger partial charge in [-0.3, -0.25) is 9.59 Å². The molecule has 2 atom stereocenters. The monoisotopic (exact) mass is 262 g/mol. The maximum absolute atomic E-state index is 12.8. The van der Waals surface area contributed by atoms with Gasteiger partial charge in [-0.25, -0.2) is 0 Å². The normalized spacial score (nSPS) is 39.4. The first-order valence-corrected chi connectivity index (χ1v) is 7.73. The second kappa shape index (κ2) is 3.74. The molecule has 2 amide bonds. The number of hydrogen-bond acceptors (Lipinski definition) is 2. The summed E-state index contributed by atoms with van der Waals surface area (Å²) in [4.78, 5) is 27.3. The second-order valence-electron chi connectivity index (χ2n) is 7.10. The molecule has 3 saturated carbocycles. The zero-order chi connectivity index (χ0) is 13.2. The minimum absolute atomic E-state index is 0.104. The Kier molecular flexibility index (Phi) is 2.31. The summed E-state index contributed by atoms with van der Waals surface area (Å²) in [6.07, 6.45) is 6.81. The number of piperazine rings is 1. The van der Waals surface area contributed by atoms with E-state index in [9.17, 15) is 9.59 Å². The highest BCUT2D eigenvalue weighted by Gasteiger charge is 2.59. The van der Waals surface area contributed by atoms with Crippen molar-refractivity contribution in [2.45, 2.75) is 57.0 Å². The van der Waals surface area contributed by atoms with Crippen LogP contribution in [-0.2, 0) is 9.59 Å². The van der Waals surface area contributed by atoms with Gasteiger partial charge >= 0.3 is 0 Å². The van der Waals surface area contributed by atoms with Crippen LogP contribution in [0.15, 0.2) is 0 Å². The standard InChI is InChI=1S/C15H22N2O2/c1-15(11-6-7-11)14(19)16-12(10-4-5-10)13(18)17(15)8-9-2-3-9/h9-12H,2-8H2,1H3,(H,16,19). The van der Waals surface area contributed by atoms with Gasteiger partial charge in [-0.05, 0) is 63.2 Å². The topological polar surface area (TPSA) is 49.4 Å². The van der Waals surface area contributed by atoms with Crippen molar-refractivity contribution in [3.63, 3.8) is 0 Å². The van der Waals surface area contributed by atoms with Crippen LogP contribution in [0.2, 0.25) is 0 Å². The van der Waals surface area contributed by atoms with Crippen molar-refractivity contribution in [1.82, 2.24) is 10.2 Å². The molecule has 1 aliphatic heterocycles. The molecule has 19 heavy (non-hydrogen) atoms. The Bertz CT molecular complexity index is 437. The van der Waals surface area contributed by atoms with E-state index < -0.39 is 5.54 Å². The quantitative estimate of drug-likeness (QED) is 0.830. The van der Waals surface area contributed by atoms with Crippen LogP contribution in [0.3, 0.4) is 0 Å². The first-order chi connectivity index (χ1) is 9.10. The Labute approximate surface area is 113 Å². The van der Waals surface area contributed by atoms with E-state index in [1.165, 1.54) is 12.8 Å². The molecule has 0 aromatic heterocycles. The van der Waals surface area contributed by atoms with Gasteiger partial charge in [0, 0.05) is 6.54 Å². The van der Waals surface area contributed by atoms with Crippen LogP contribution in [0.4, 0.5) is 0 Å². The van der Waals surface area contributed by atoms with Gasteiger partial charge in [-0.2, -0.15) is 0 Å². The number of nitrogens with zero attached hydrogens (tertiary/aromatic N) is 1. The van der Waals surface area contributed by atoms with E-state index in [0.29, 0.717) is 17.8 Å². The number of amides is 2. The Hall–Kier alpha value is -1.06. The van der Waals surface area contributed by atoms with Crippen LogP contribution in [0.1, 0.15) is 45.4 Å². The fourth-order valence-electron chi connectivity index (χ4n) is 3.51. The van der Waals surface area contributed by atoms with Gasteiger partial charge in [-0.1, -0.05) is 0 Å². The molecule has 4 fully saturated rings. The van der Waals surface area contributed by atoms with Crippen molar-refractivity contribution in [3.8, 4) is 0 Å². The van der Waals surface area contributed by atoms with E-state index in [1.54, 1.807) is 0 Å². The summed E-state index contributed by atoms with van der Waals surface area (Å²) in [6.45, 7) is 2.80. The molecule has 4 heteroatoms. The predicted octanol–water partition coefficient (Wildman–Crippen LogP) is 1.30. The van der Waals surface area contributed by atoms with Crippen molar-refractivity contribution < 1.29 is 9.59 Å². The largest absolute Gasteiger partial charge is 0.342 e. The van der Waals surface area contributed by atoms with Crippen molar-refractivity contribution in [3.05, 3.63) is 0 Å². The first kappa shape index (κ1) is 11.7. The van der Waals surface area contributed by atoms with E-state index in [0.717, 1.165) is 32.2 Å². The van der Waals surface area contributed by atoms with Crippen LogP contribution in [-0.4, -0.2) is 34.8 Å². The summed E-state index contributed by atoms with van der Waals surface area (Å²) in [7, 11) is 0. The number of nitrogens with one attached hydrogen (secondary N) is 1. The van der Waals surface area contributed by atoms with Gasteiger partial charge in [-0.15, -0.1) is 0 Å². The molecule has 0 radical (unpaired) electrons. The molecule has 1 heterocycles. The number of hydrogen-bond donors (Lipinski definition) is 1. The summed E-state index contributed by atoms with van der Waals surface area (Å²) >= 11 is 0. The third kappa shape index (κ3) is 1.79. The lowest BCUT2D eigenvalue weighted by Crippen LogP contribution is -2.71. The van der Waals surface area contributed by atoms with E-state index >= 15 is 0 Å². The molecule has 4 rings (SSSR count). The lowest BCUT2D eigenvalue weighted by Gasteiger charge is -2.47. The summed E-state index contributed by atoms with van der Waals surface area (Å²) < 4.78 is 0. The van der Waals surface area contributed by atoms with Crippen LogP contribution in [0.5, 0.6) is 0 Å². The van der Waals surface area contributed by atoms with Crippen molar-refractivity contribution in [1.29, 1.82) is 0 Å². The fourth-order valence-corrected chi connectivity index (χ4v) is 3.51. The van der Waals surface area contributed by atoms with E-state index in [1.807, 2.05) is 11.8 Å². The molecule has 1 saturated heterocycles. The molecule has 3 aliphatic carbocycles. The van der Waals surface area contributed by atoms with Crippen LogP contribution in [0, 0.1) is 17.8 Å². The van der Waals surface area contributed by atoms with Gasteiger partial charge < -0.3 is 10.2 Å². The zero-order valence-electron chi connectivity index (χ0n) is 11.5. The van der Waals surface area contributed by atoms with Gasteiger partial charge in [0.25, 0.3) is 0 Å². The maximum atomic E-state index is 12.8. The Morgan fingerprint density at radius 1 is 1.16 bits per heavy atom. The number of carbonyl (C=O) groups is 2. The molecule has 1 N–H and O–H groups in total. The minimum Gasteiger partial charge on any atom is -0.342 e. The highest BCUT2D eigenvalue weighted by Crippen LogP contribution is 2.48. The lowest BCUT2D eigenvalue weighted by molar-refractivity contribution is -0.159. The van der Waals surface area contributed by atoms with E-state index in [4.69, 9.17) is 0 Å². The van der Waals surface area contributed by atoms with Crippen molar-refractivity contribution in [2.24, 2.45) is 17.8 Å². The third-order valence-electron chi connectivity index (χ3n) is 5.44. The van der Waals surface area contributed by atoms with Gasteiger partial charge in [0.2, 0.25) is 11.8 Å². The maximum Gasteiger partial charge on any atom is 0.246 e. The zero-order valence-corrected chi connectivity index (χ0v) is 11.5. The summed E-state index contributed by atoms with van der Waals surface area (Å²) in [6, 6.07) is -0.224. The van der Waals surface area contributed by atoms with Gasteiger partial charge in [0.15, 0.2) is 0 Å². The molecule has 104 valence electrons. The van der Waals surface area contributed by atoms with Gasteiger partial charge in [0.1, 0.15) is 11.6 Å². The molecule has 0 spiro atoms. The summed E-state index contributed by atoms with van der Waals surface area (Å²) in [5, 5.41) is 3.03. The summed E-state index contributed by atoms with van der Waals surface area (Å²) in [5.74, 6) is 1.74. The van der Waals surface area contributed by atoms with E-state index in [2.05, 4.69) is 5.32 Å². The molecule has 0 bridgehead atoms. The predicted molar refractivity (Wildman–Crippen MR) is 70.2 cm³/mol. The molecule has 0 aromatic rings. The molecular formula is C15H22N2O2. The number of rotatable bonds is 4. The molecule has 0 aromatic carbocycles. The fraction of sp³-hybridized carbons (Fsp3) is 0.867. The Morgan fingerprint density at radius 2 is 1.84 bits per heavy atom. The highest BCUT2D eigenvalue weighted by molar-refractivity contribution is 6.00. The first-order valence-electron chi connectivity index (χ1n) is 7.73. The third-order valence-corrected chi connectivity index (χ3v) is 5.44. The molecular weight excluding hydrogens is 240 g/mol. The van der Waals surface area contributed by atoms with Gasteiger partial charge in [0.05, 0.1) is 0 Å². The summed E-state index contributed by atoms with van der Waals surface area (Å²) in [5.41, 5.74) is -0.564. The molecule has 4 nitrogen and oxygen atoms in total. The Balaban J connectivity index is 1.64. The van der Waals surface area contributed by atoms with E-state index in [-0.39, 0.29) is 17.9 Å². The SMILES string of the molecule is CC1(C2CC2)C(=O)NC(C2CC2)C(=O)N1CC1CC1. The number of carbonyl (C=O) groups excluding carboxylic acids is 2. The second-order valence-corrected chi connectivity index (χ2v) is 7.10. The molecule has 4 aliphatic rings. The smallest absolute Gasteiger partial charge is 0.246 e. The van der Waals surface area contributed by atoms with Crippen LogP contribution >= 0.6 is 0 Å². The molecule has 2 unspecified atom stereocenters.